The van der Waals surface area contributed by atoms with Crippen LogP contribution >= 0.6 is 0 Å². The average molecular weight is 226 g/mol. The fourth-order valence-electron chi connectivity index (χ4n) is 1.99. The first kappa shape index (κ1) is 13.0. The molecule has 0 aromatic rings. The van der Waals surface area contributed by atoms with E-state index in [1.807, 2.05) is 27.9 Å². The number of carbonyl (C=O) groups excluding carboxylic acids is 2. The molecule has 2 unspecified atom stereocenters. The SMILES string of the molecule is CC1CCN(C)C1=O.CC1CCN(C)C1=O. The summed E-state index contributed by atoms with van der Waals surface area (Å²) in [7, 11) is 3.71. The number of hydrogen-bond donors (Lipinski definition) is 0. The zero-order valence-corrected chi connectivity index (χ0v) is 10.7. The third kappa shape index (κ3) is 2.97. The van der Waals surface area contributed by atoms with E-state index in [-0.39, 0.29) is 11.8 Å². The molecule has 2 fully saturated rings. The summed E-state index contributed by atoms with van der Waals surface area (Å²) in [5.41, 5.74) is 0. The molecule has 16 heavy (non-hydrogen) atoms. The highest BCUT2D eigenvalue weighted by Crippen LogP contribution is 2.14. The number of rotatable bonds is 0. The van der Waals surface area contributed by atoms with E-state index in [1.54, 1.807) is 9.80 Å². The Labute approximate surface area is 97.6 Å². The van der Waals surface area contributed by atoms with Crippen LogP contribution in [0, 0.1) is 11.8 Å². The van der Waals surface area contributed by atoms with Crippen LogP contribution in [0.2, 0.25) is 0 Å². The first-order chi connectivity index (χ1) is 7.43. The minimum atomic E-state index is 0.278. The molecule has 2 saturated heterocycles. The van der Waals surface area contributed by atoms with Gasteiger partial charge in [0.25, 0.3) is 0 Å². The lowest BCUT2D eigenvalue weighted by molar-refractivity contribution is -0.130. The zero-order valence-electron chi connectivity index (χ0n) is 10.7. The molecule has 92 valence electrons. The minimum absolute atomic E-state index is 0.278. The van der Waals surface area contributed by atoms with Gasteiger partial charge in [0.15, 0.2) is 0 Å². The average Bonchev–Trinajstić information content (AvgIpc) is 2.70. The van der Waals surface area contributed by atoms with Crippen LogP contribution in [0.5, 0.6) is 0 Å². The van der Waals surface area contributed by atoms with E-state index in [0.717, 1.165) is 25.9 Å². The van der Waals surface area contributed by atoms with Crippen LogP contribution in [0.25, 0.3) is 0 Å². The van der Waals surface area contributed by atoms with E-state index in [0.29, 0.717) is 11.8 Å². The van der Waals surface area contributed by atoms with Crippen LogP contribution in [-0.4, -0.2) is 48.8 Å². The molecule has 2 aliphatic heterocycles. The Morgan fingerprint density at radius 2 is 1.19 bits per heavy atom. The molecule has 0 spiro atoms. The van der Waals surface area contributed by atoms with Gasteiger partial charge in [-0.1, -0.05) is 13.8 Å². The van der Waals surface area contributed by atoms with Crippen molar-refractivity contribution >= 4 is 11.8 Å². The molecule has 0 aromatic carbocycles. The first-order valence-corrected chi connectivity index (χ1v) is 5.93. The zero-order chi connectivity index (χ0) is 12.3. The van der Waals surface area contributed by atoms with Crippen LogP contribution in [0.1, 0.15) is 26.7 Å². The summed E-state index contributed by atoms with van der Waals surface area (Å²) in [6.07, 6.45) is 2.07. The molecule has 4 heteroatoms. The van der Waals surface area contributed by atoms with Crippen LogP contribution < -0.4 is 0 Å². The Morgan fingerprint density at radius 1 is 0.875 bits per heavy atom. The normalized spacial score (nSPS) is 29.5. The summed E-state index contributed by atoms with van der Waals surface area (Å²) >= 11 is 0. The van der Waals surface area contributed by atoms with Gasteiger partial charge in [-0.25, -0.2) is 0 Å². The molecule has 0 radical (unpaired) electrons. The second kappa shape index (κ2) is 5.32. The molecule has 0 aromatic heterocycles. The Balaban J connectivity index is 0.000000160. The van der Waals surface area contributed by atoms with E-state index in [4.69, 9.17) is 0 Å². The van der Waals surface area contributed by atoms with Gasteiger partial charge in [0.2, 0.25) is 11.8 Å². The van der Waals surface area contributed by atoms with Crippen molar-refractivity contribution in [3.8, 4) is 0 Å². The standard InChI is InChI=1S/2C6H11NO/c2*1-5-3-4-7(2)6(5)8/h2*5H,3-4H2,1-2H3. The third-order valence-corrected chi connectivity index (χ3v) is 3.39. The molecular formula is C12H22N2O2. The second-order valence-electron chi connectivity index (χ2n) is 4.90. The van der Waals surface area contributed by atoms with E-state index in [1.165, 1.54) is 0 Å². The third-order valence-electron chi connectivity index (χ3n) is 3.39. The lowest BCUT2D eigenvalue weighted by atomic mass is 10.1. The van der Waals surface area contributed by atoms with Crippen molar-refractivity contribution in [2.24, 2.45) is 11.8 Å². The molecular weight excluding hydrogens is 204 g/mol. The topological polar surface area (TPSA) is 40.6 Å². The smallest absolute Gasteiger partial charge is 0.225 e. The van der Waals surface area contributed by atoms with Crippen molar-refractivity contribution < 1.29 is 9.59 Å². The van der Waals surface area contributed by atoms with Gasteiger partial charge in [-0.3, -0.25) is 9.59 Å². The number of amides is 2. The highest BCUT2D eigenvalue weighted by Gasteiger charge is 2.24. The molecule has 4 nitrogen and oxygen atoms in total. The Kier molecular flexibility index (Phi) is 4.33. The predicted molar refractivity (Wildman–Crippen MR) is 62.8 cm³/mol. The van der Waals surface area contributed by atoms with Crippen molar-refractivity contribution in [1.29, 1.82) is 0 Å². The van der Waals surface area contributed by atoms with E-state index < -0.39 is 0 Å². The maximum Gasteiger partial charge on any atom is 0.225 e. The predicted octanol–water partition coefficient (Wildman–Crippen LogP) is 0.969. The number of likely N-dealkylation sites (tertiary alicyclic amines) is 2. The van der Waals surface area contributed by atoms with Crippen molar-refractivity contribution in [3.05, 3.63) is 0 Å². The van der Waals surface area contributed by atoms with Crippen molar-refractivity contribution in [1.82, 2.24) is 9.80 Å². The van der Waals surface area contributed by atoms with Crippen molar-refractivity contribution in [2.45, 2.75) is 26.7 Å². The fourth-order valence-corrected chi connectivity index (χ4v) is 1.99. The van der Waals surface area contributed by atoms with Crippen molar-refractivity contribution in [3.63, 3.8) is 0 Å². The summed E-state index contributed by atoms with van der Waals surface area (Å²) in [5.74, 6) is 1.15. The molecule has 0 aliphatic carbocycles. The van der Waals surface area contributed by atoms with Gasteiger partial charge in [-0.15, -0.1) is 0 Å². The summed E-state index contributed by atoms with van der Waals surface area (Å²) in [4.78, 5) is 25.2. The van der Waals surface area contributed by atoms with Gasteiger partial charge in [0, 0.05) is 39.0 Å². The number of carbonyl (C=O) groups is 2. The van der Waals surface area contributed by atoms with Crippen LogP contribution in [0.3, 0.4) is 0 Å². The van der Waals surface area contributed by atoms with Gasteiger partial charge < -0.3 is 9.80 Å². The van der Waals surface area contributed by atoms with Gasteiger partial charge in [0.05, 0.1) is 0 Å². The Hall–Kier alpha value is -1.06. The number of nitrogens with zero attached hydrogens (tertiary/aromatic N) is 2. The van der Waals surface area contributed by atoms with Gasteiger partial charge in [-0.2, -0.15) is 0 Å². The summed E-state index contributed by atoms with van der Waals surface area (Å²) in [5, 5.41) is 0. The van der Waals surface area contributed by atoms with Crippen molar-refractivity contribution in [2.75, 3.05) is 27.2 Å². The van der Waals surface area contributed by atoms with Gasteiger partial charge in [0.1, 0.15) is 0 Å². The molecule has 0 N–H and O–H groups in total. The summed E-state index contributed by atoms with van der Waals surface area (Å²) < 4.78 is 0. The van der Waals surface area contributed by atoms with E-state index in [2.05, 4.69) is 0 Å². The Bertz CT molecular complexity index is 226. The quantitative estimate of drug-likeness (QED) is 0.617. The number of hydrogen-bond acceptors (Lipinski definition) is 2. The van der Waals surface area contributed by atoms with Crippen LogP contribution in [0.4, 0.5) is 0 Å². The highest BCUT2D eigenvalue weighted by molar-refractivity contribution is 5.80. The summed E-state index contributed by atoms with van der Waals surface area (Å²) in [6, 6.07) is 0. The van der Waals surface area contributed by atoms with Gasteiger partial charge >= 0.3 is 0 Å². The lowest BCUT2D eigenvalue weighted by Crippen LogP contribution is -2.21. The fraction of sp³-hybridized carbons (Fsp3) is 0.833. The van der Waals surface area contributed by atoms with Gasteiger partial charge in [-0.05, 0) is 12.8 Å². The minimum Gasteiger partial charge on any atom is -0.346 e. The maximum absolute atomic E-state index is 10.8. The van der Waals surface area contributed by atoms with Crippen LogP contribution in [0.15, 0.2) is 0 Å². The summed E-state index contributed by atoms with van der Waals surface area (Å²) in [6.45, 7) is 5.84. The molecule has 0 saturated carbocycles. The maximum atomic E-state index is 10.8. The highest BCUT2D eigenvalue weighted by atomic mass is 16.2. The first-order valence-electron chi connectivity index (χ1n) is 5.93. The van der Waals surface area contributed by atoms with Crippen LogP contribution in [-0.2, 0) is 9.59 Å². The Morgan fingerprint density at radius 3 is 1.25 bits per heavy atom. The van der Waals surface area contributed by atoms with E-state index in [9.17, 15) is 9.59 Å². The monoisotopic (exact) mass is 226 g/mol. The second-order valence-corrected chi connectivity index (χ2v) is 4.90. The molecule has 2 rings (SSSR count). The lowest BCUT2D eigenvalue weighted by Gasteiger charge is -2.05. The van der Waals surface area contributed by atoms with E-state index >= 15 is 0 Å². The molecule has 2 atom stereocenters. The molecule has 2 amide bonds. The molecule has 2 aliphatic rings. The molecule has 0 bridgehead atoms. The largest absolute Gasteiger partial charge is 0.346 e. The molecule has 2 heterocycles.